The maximum absolute atomic E-state index is 13.1. The summed E-state index contributed by atoms with van der Waals surface area (Å²) in [7, 11) is 0. The van der Waals surface area contributed by atoms with Crippen LogP contribution in [0.15, 0.2) is 64.2 Å². The molecule has 1 aliphatic heterocycles. The SMILES string of the molecule is CC1=NN(c2ccccc2)C(=O)C1C(c1ccc(Br)cc1)C(C#N)C#N. The highest BCUT2D eigenvalue weighted by molar-refractivity contribution is 9.10. The monoisotopic (exact) mass is 406 g/mol. The second-order valence-corrected chi connectivity index (χ2v) is 6.93. The summed E-state index contributed by atoms with van der Waals surface area (Å²) in [6.45, 7) is 1.77. The first kappa shape index (κ1) is 17.8. The van der Waals surface area contributed by atoms with Crippen molar-refractivity contribution in [2.45, 2.75) is 12.8 Å². The maximum Gasteiger partial charge on any atom is 0.256 e. The molecule has 3 rings (SSSR count). The van der Waals surface area contributed by atoms with E-state index in [1.54, 1.807) is 19.1 Å². The van der Waals surface area contributed by atoms with Gasteiger partial charge in [-0.05, 0) is 36.8 Å². The Hall–Kier alpha value is -2.96. The topological polar surface area (TPSA) is 80.2 Å². The molecule has 0 saturated carbocycles. The van der Waals surface area contributed by atoms with Gasteiger partial charge in [-0.2, -0.15) is 15.6 Å². The third-order valence-electron chi connectivity index (χ3n) is 4.43. The Bertz CT molecular complexity index is 911. The van der Waals surface area contributed by atoms with Crippen molar-refractivity contribution in [1.82, 2.24) is 0 Å². The van der Waals surface area contributed by atoms with Gasteiger partial charge in [0.05, 0.1) is 23.7 Å². The van der Waals surface area contributed by atoms with E-state index >= 15 is 0 Å². The van der Waals surface area contributed by atoms with Gasteiger partial charge in [0.15, 0.2) is 0 Å². The molecule has 0 N–H and O–H groups in total. The molecule has 2 unspecified atom stereocenters. The number of hydrogen-bond donors (Lipinski definition) is 0. The van der Waals surface area contributed by atoms with Crippen LogP contribution in [-0.2, 0) is 4.79 Å². The van der Waals surface area contributed by atoms with E-state index in [4.69, 9.17) is 0 Å². The van der Waals surface area contributed by atoms with Gasteiger partial charge in [-0.1, -0.05) is 46.3 Å². The Labute approximate surface area is 160 Å². The maximum atomic E-state index is 13.1. The van der Waals surface area contributed by atoms with Gasteiger partial charge in [0.1, 0.15) is 5.92 Å². The summed E-state index contributed by atoms with van der Waals surface area (Å²) in [5.41, 5.74) is 2.03. The molecule has 0 aliphatic carbocycles. The first-order chi connectivity index (χ1) is 12.6. The Morgan fingerprint density at radius 2 is 1.69 bits per heavy atom. The third-order valence-corrected chi connectivity index (χ3v) is 4.96. The van der Waals surface area contributed by atoms with E-state index < -0.39 is 17.8 Å². The molecule has 0 saturated heterocycles. The van der Waals surface area contributed by atoms with E-state index in [1.807, 2.05) is 54.6 Å². The second-order valence-electron chi connectivity index (χ2n) is 6.02. The zero-order valence-corrected chi connectivity index (χ0v) is 15.6. The Kier molecular flexibility index (Phi) is 5.16. The highest BCUT2D eigenvalue weighted by atomic mass is 79.9. The molecule has 1 aliphatic rings. The molecule has 0 aromatic heterocycles. The van der Waals surface area contributed by atoms with E-state index in [0.29, 0.717) is 11.4 Å². The standard InChI is InChI=1S/C20H15BrN4O/c1-13-18(20(26)25(24-13)17-5-3-2-4-6-17)19(15(11-22)12-23)14-7-9-16(21)10-8-14/h2-10,15,18-19H,1H3. The van der Waals surface area contributed by atoms with Crippen LogP contribution in [0.4, 0.5) is 5.69 Å². The van der Waals surface area contributed by atoms with Gasteiger partial charge in [-0.3, -0.25) is 4.79 Å². The molecule has 0 fully saturated rings. The average Bonchev–Trinajstić information content (AvgIpc) is 2.96. The van der Waals surface area contributed by atoms with Crippen molar-refractivity contribution < 1.29 is 4.79 Å². The molecule has 26 heavy (non-hydrogen) atoms. The lowest BCUT2D eigenvalue weighted by Gasteiger charge is -2.24. The van der Waals surface area contributed by atoms with E-state index in [1.165, 1.54) is 5.01 Å². The van der Waals surface area contributed by atoms with E-state index in [0.717, 1.165) is 10.0 Å². The number of nitrogens with zero attached hydrogens (tertiary/aromatic N) is 4. The summed E-state index contributed by atoms with van der Waals surface area (Å²) in [4.78, 5) is 13.1. The summed E-state index contributed by atoms with van der Waals surface area (Å²) in [5, 5.41) is 24.7. The van der Waals surface area contributed by atoms with Crippen LogP contribution < -0.4 is 5.01 Å². The molecular weight excluding hydrogens is 392 g/mol. The molecule has 2 aromatic carbocycles. The van der Waals surface area contributed by atoms with Crippen LogP contribution in [0.2, 0.25) is 0 Å². The van der Waals surface area contributed by atoms with Gasteiger partial charge in [0, 0.05) is 16.1 Å². The van der Waals surface area contributed by atoms with Gasteiger partial charge in [-0.25, -0.2) is 5.01 Å². The molecule has 2 atom stereocenters. The van der Waals surface area contributed by atoms with Crippen LogP contribution >= 0.6 is 15.9 Å². The number of halogens is 1. The largest absolute Gasteiger partial charge is 0.272 e. The Balaban J connectivity index is 2.04. The van der Waals surface area contributed by atoms with Crippen molar-refractivity contribution in [3.05, 3.63) is 64.6 Å². The fraction of sp³-hybridized carbons (Fsp3) is 0.200. The molecule has 0 bridgehead atoms. The third kappa shape index (κ3) is 3.24. The van der Waals surface area contributed by atoms with Gasteiger partial charge in [-0.15, -0.1) is 0 Å². The number of hydrogen-bond acceptors (Lipinski definition) is 4. The van der Waals surface area contributed by atoms with Gasteiger partial charge in [0.2, 0.25) is 0 Å². The average molecular weight is 407 g/mol. The second kappa shape index (κ2) is 7.51. The minimum absolute atomic E-state index is 0.225. The van der Waals surface area contributed by atoms with Crippen LogP contribution in [0.3, 0.4) is 0 Å². The van der Waals surface area contributed by atoms with Crippen molar-refractivity contribution >= 4 is 33.2 Å². The van der Waals surface area contributed by atoms with Crippen molar-refractivity contribution in [2.24, 2.45) is 16.9 Å². The van der Waals surface area contributed by atoms with Gasteiger partial charge in [0.25, 0.3) is 5.91 Å². The number of rotatable bonds is 4. The van der Waals surface area contributed by atoms with Crippen molar-refractivity contribution in [3.63, 3.8) is 0 Å². The minimum Gasteiger partial charge on any atom is -0.272 e. The highest BCUT2D eigenvalue weighted by Gasteiger charge is 2.44. The van der Waals surface area contributed by atoms with Crippen molar-refractivity contribution in [1.29, 1.82) is 10.5 Å². The predicted octanol–water partition coefficient (Wildman–Crippen LogP) is 4.23. The van der Waals surface area contributed by atoms with Crippen molar-refractivity contribution in [3.8, 4) is 12.1 Å². The normalized spacial score (nSPS) is 17.6. The number of anilines is 1. The molecular formula is C20H15BrN4O. The number of nitriles is 2. The minimum atomic E-state index is -0.953. The van der Waals surface area contributed by atoms with Crippen molar-refractivity contribution in [2.75, 3.05) is 5.01 Å². The number of para-hydroxylation sites is 1. The van der Waals surface area contributed by atoms with Crippen LogP contribution in [-0.4, -0.2) is 11.6 Å². The Morgan fingerprint density at radius 3 is 2.27 bits per heavy atom. The first-order valence-corrected chi connectivity index (χ1v) is 8.85. The molecule has 128 valence electrons. The molecule has 2 aromatic rings. The number of hydrazone groups is 1. The molecule has 5 nitrogen and oxygen atoms in total. The summed E-state index contributed by atoms with van der Waals surface area (Å²) < 4.78 is 0.888. The summed E-state index contributed by atoms with van der Waals surface area (Å²) in [6.07, 6.45) is 0. The summed E-state index contributed by atoms with van der Waals surface area (Å²) in [5.74, 6) is -2.41. The van der Waals surface area contributed by atoms with Crippen LogP contribution in [0, 0.1) is 34.5 Å². The van der Waals surface area contributed by atoms with E-state index in [-0.39, 0.29) is 5.91 Å². The van der Waals surface area contributed by atoms with Gasteiger partial charge >= 0.3 is 0 Å². The summed E-state index contributed by atoms with van der Waals surface area (Å²) >= 11 is 3.38. The van der Waals surface area contributed by atoms with E-state index in [9.17, 15) is 15.3 Å². The predicted molar refractivity (Wildman–Crippen MR) is 102 cm³/mol. The fourth-order valence-electron chi connectivity index (χ4n) is 3.20. The smallest absolute Gasteiger partial charge is 0.256 e. The van der Waals surface area contributed by atoms with Crippen LogP contribution in [0.1, 0.15) is 18.4 Å². The van der Waals surface area contributed by atoms with Crippen LogP contribution in [0.5, 0.6) is 0 Å². The molecule has 1 amide bonds. The molecule has 0 radical (unpaired) electrons. The fourth-order valence-corrected chi connectivity index (χ4v) is 3.46. The zero-order valence-electron chi connectivity index (χ0n) is 14.0. The quantitative estimate of drug-likeness (QED) is 0.761. The highest BCUT2D eigenvalue weighted by Crippen LogP contribution is 2.38. The number of amides is 1. The lowest BCUT2D eigenvalue weighted by molar-refractivity contribution is -0.120. The lowest BCUT2D eigenvalue weighted by atomic mass is 9.76. The summed E-state index contributed by atoms with van der Waals surface area (Å²) in [6, 6.07) is 20.6. The van der Waals surface area contributed by atoms with Gasteiger partial charge < -0.3 is 0 Å². The Morgan fingerprint density at radius 1 is 1.08 bits per heavy atom. The number of benzene rings is 2. The zero-order chi connectivity index (χ0) is 18.7. The molecule has 6 heteroatoms. The number of carbonyl (C=O) groups excluding carboxylic acids is 1. The van der Waals surface area contributed by atoms with Crippen LogP contribution in [0.25, 0.3) is 0 Å². The molecule has 1 heterocycles. The lowest BCUT2D eigenvalue weighted by Crippen LogP contribution is -2.34. The van der Waals surface area contributed by atoms with E-state index in [2.05, 4.69) is 21.0 Å². The first-order valence-electron chi connectivity index (χ1n) is 8.05. The number of carbonyl (C=O) groups is 1. The molecule has 0 spiro atoms.